The molecule has 6 nitrogen and oxygen atoms in total. The SMILES string of the molecule is CC/C=C\C/C=C\C/C=C\C/C=C\C/C=C\CCCC(=O)O[C@@H](COC(=O)CCCCCCCCCCCCCCCCC)COC(=O)CCCCCCCCCCCCCCCCCCCCC. The molecule has 0 N–H and O–H groups in total. The number of unbranched alkanes of at least 4 members (excludes halogenated alkanes) is 33. The summed E-state index contributed by atoms with van der Waals surface area (Å²) in [5, 5.41) is 0. The van der Waals surface area contributed by atoms with Crippen LogP contribution in [-0.2, 0) is 28.6 Å². The van der Waals surface area contributed by atoms with Crippen LogP contribution in [0.1, 0.15) is 303 Å². The molecule has 1 atom stereocenters. The molecule has 0 fully saturated rings. The van der Waals surface area contributed by atoms with E-state index in [4.69, 9.17) is 14.2 Å². The molecule has 0 saturated heterocycles. The van der Waals surface area contributed by atoms with Crippen molar-refractivity contribution < 1.29 is 28.6 Å². The molecule has 0 spiro atoms. The number of hydrogen-bond donors (Lipinski definition) is 0. The summed E-state index contributed by atoms with van der Waals surface area (Å²) in [5.74, 6) is -0.934. The van der Waals surface area contributed by atoms with E-state index in [2.05, 4.69) is 81.5 Å². The van der Waals surface area contributed by atoms with E-state index in [-0.39, 0.29) is 37.5 Å². The quantitative estimate of drug-likeness (QED) is 0.0262. The van der Waals surface area contributed by atoms with E-state index in [1.807, 2.05) is 0 Å². The highest BCUT2D eigenvalue weighted by molar-refractivity contribution is 5.71. The van der Waals surface area contributed by atoms with Gasteiger partial charge in [-0.1, -0.05) is 287 Å². The Kier molecular flexibility index (Phi) is 55.3. The van der Waals surface area contributed by atoms with E-state index in [0.717, 1.165) is 77.0 Å². The molecular formula is C63H112O6. The Labute approximate surface area is 428 Å². The fourth-order valence-electron chi connectivity index (χ4n) is 8.60. The lowest BCUT2D eigenvalue weighted by Gasteiger charge is -2.18. The van der Waals surface area contributed by atoms with Crippen molar-refractivity contribution in [2.45, 2.75) is 309 Å². The van der Waals surface area contributed by atoms with E-state index in [1.54, 1.807) is 0 Å². The van der Waals surface area contributed by atoms with Crippen LogP contribution in [0.25, 0.3) is 0 Å². The van der Waals surface area contributed by atoms with E-state index >= 15 is 0 Å². The zero-order valence-corrected chi connectivity index (χ0v) is 45.8. The zero-order chi connectivity index (χ0) is 50.0. The van der Waals surface area contributed by atoms with Gasteiger partial charge in [-0.2, -0.15) is 0 Å². The Balaban J connectivity index is 4.41. The topological polar surface area (TPSA) is 78.9 Å². The van der Waals surface area contributed by atoms with Crippen molar-refractivity contribution >= 4 is 17.9 Å². The summed E-state index contributed by atoms with van der Waals surface area (Å²) >= 11 is 0. The number of ether oxygens (including phenoxy) is 3. The van der Waals surface area contributed by atoms with Gasteiger partial charge in [0.25, 0.3) is 0 Å². The van der Waals surface area contributed by atoms with Crippen LogP contribution < -0.4 is 0 Å². The van der Waals surface area contributed by atoms with Gasteiger partial charge in [0.1, 0.15) is 13.2 Å². The van der Waals surface area contributed by atoms with Crippen molar-refractivity contribution in [3.63, 3.8) is 0 Å². The van der Waals surface area contributed by atoms with Gasteiger partial charge in [-0.15, -0.1) is 0 Å². The van der Waals surface area contributed by atoms with Crippen LogP contribution in [0.5, 0.6) is 0 Å². The molecule has 0 rings (SSSR count). The van der Waals surface area contributed by atoms with Crippen LogP contribution in [0.3, 0.4) is 0 Å². The summed E-state index contributed by atoms with van der Waals surface area (Å²) in [7, 11) is 0. The molecule has 400 valence electrons. The Morgan fingerprint density at radius 1 is 0.304 bits per heavy atom. The molecule has 0 bridgehead atoms. The number of esters is 3. The molecular weight excluding hydrogens is 853 g/mol. The molecule has 6 heteroatoms. The predicted octanol–water partition coefficient (Wildman–Crippen LogP) is 20.0. The van der Waals surface area contributed by atoms with Gasteiger partial charge in [0, 0.05) is 19.3 Å². The summed E-state index contributed by atoms with van der Waals surface area (Å²) in [4.78, 5) is 38.2. The molecule has 0 aromatic carbocycles. The number of allylic oxidation sites excluding steroid dienone is 10. The maximum atomic E-state index is 12.8. The molecule has 0 aliphatic carbocycles. The third-order valence-corrected chi connectivity index (χ3v) is 13.0. The average Bonchev–Trinajstić information content (AvgIpc) is 3.35. The van der Waals surface area contributed by atoms with Crippen molar-refractivity contribution in [1.82, 2.24) is 0 Å². The molecule has 0 heterocycles. The second-order valence-corrected chi connectivity index (χ2v) is 19.9. The Morgan fingerprint density at radius 3 is 0.870 bits per heavy atom. The minimum Gasteiger partial charge on any atom is -0.462 e. The second-order valence-electron chi connectivity index (χ2n) is 19.9. The molecule has 0 saturated carbocycles. The van der Waals surface area contributed by atoms with Crippen LogP contribution in [0.4, 0.5) is 0 Å². The maximum absolute atomic E-state index is 12.8. The summed E-state index contributed by atoms with van der Waals surface area (Å²) in [6.07, 6.45) is 72.2. The fourth-order valence-corrected chi connectivity index (χ4v) is 8.60. The van der Waals surface area contributed by atoms with E-state index in [9.17, 15) is 14.4 Å². The second kappa shape index (κ2) is 57.7. The molecule has 0 unspecified atom stereocenters. The first kappa shape index (κ1) is 66.1. The molecule has 0 aliphatic heterocycles. The number of carbonyl (C=O) groups excluding carboxylic acids is 3. The Morgan fingerprint density at radius 2 is 0.565 bits per heavy atom. The lowest BCUT2D eigenvalue weighted by molar-refractivity contribution is -0.167. The molecule has 0 amide bonds. The van der Waals surface area contributed by atoms with E-state index in [0.29, 0.717) is 19.3 Å². The standard InChI is InChI=1S/C63H112O6/c1-4-7-10-13-16-19-22-25-28-30-31-33-35-38-41-44-47-50-53-56-62(65)68-59-60(58-67-61(64)55-52-49-46-43-40-37-34-27-24-21-18-15-12-9-6-3)69-63(66)57-54-51-48-45-42-39-36-32-29-26-23-20-17-14-11-8-5-2/h8,11,17,20,26,29,36,39,45,48,60H,4-7,9-10,12-16,18-19,21-25,27-28,30-35,37-38,40-44,46-47,49-59H2,1-3H3/b11-8-,20-17-,29-26-,39-36-,48-45-/t60-/m0/s1. The lowest BCUT2D eigenvalue weighted by atomic mass is 10.0. The molecule has 0 aromatic rings. The first-order chi connectivity index (χ1) is 34.0. The number of rotatable bonds is 54. The van der Waals surface area contributed by atoms with Gasteiger partial charge in [-0.05, 0) is 57.8 Å². The molecule has 0 radical (unpaired) electrons. The van der Waals surface area contributed by atoms with Gasteiger partial charge in [0.15, 0.2) is 6.10 Å². The monoisotopic (exact) mass is 965 g/mol. The number of carbonyl (C=O) groups is 3. The first-order valence-electron chi connectivity index (χ1n) is 29.8. The average molecular weight is 966 g/mol. The predicted molar refractivity (Wildman–Crippen MR) is 298 cm³/mol. The summed E-state index contributed by atoms with van der Waals surface area (Å²) in [6.45, 7) is 6.52. The van der Waals surface area contributed by atoms with Crippen LogP contribution in [-0.4, -0.2) is 37.2 Å². The summed E-state index contributed by atoms with van der Waals surface area (Å²) < 4.78 is 16.8. The maximum Gasteiger partial charge on any atom is 0.306 e. The van der Waals surface area contributed by atoms with Gasteiger partial charge >= 0.3 is 17.9 Å². The first-order valence-corrected chi connectivity index (χ1v) is 29.8. The highest BCUT2D eigenvalue weighted by atomic mass is 16.6. The van der Waals surface area contributed by atoms with Gasteiger partial charge in [-0.25, -0.2) is 0 Å². The smallest absolute Gasteiger partial charge is 0.306 e. The Hall–Kier alpha value is -2.89. The van der Waals surface area contributed by atoms with Crippen molar-refractivity contribution in [2.24, 2.45) is 0 Å². The fraction of sp³-hybridized carbons (Fsp3) is 0.794. The van der Waals surface area contributed by atoms with Gasteiger partial charge in [0.05, 0.1) is 0 Å². The van der Waals surface area contributed by atoms with Crippen molar-refractivity contribution in [3.8, 4) is 0 Å². The number of hydrogen-bond acceptors (Lipinski definition) is 6. The highest BCUT2D eigenvalue weighted by Gasteiger charge is 2.19. The largest absolute Gasteiger partial charge is 0.462 e. The molecule has 69 heavy (non-hydrogen) atoms. The van der Waals surface area contributed by atoms with E-state index < -0.39 is 6.10 Å². The van der Waals surface area contributed by atoms with E-state index in [1.165, 1.54) is 180 Å². The van der Waals surface area contributed by atoms with Crippen molar-refractivity contribution in [3.05, 3.63) is 60.8 Å². The summed E-state index contributed by atoms with van der Waals surface area (Å²) in [5.41, 5.74) is 0. The van der Waals surface area contributed by atoms with Crippen LogP contribution in [0.2, 0.25) is 0 Å². The van der Waals surface area contributed by atoms with Crippen LogP contribution >= 0.6 is 0 Å². The minimum absolute atomic E-state index is 0.0926. The summed E-state index contributed by atoms with van der Waals surface area (Å²) in [6, 6.07) is 0. The minimum atomic E-state index is -0.801. The van der Waals surface area contributed by atoms with Gasteiger partial charge in [0.2, 0.25) is 0 Å². The van der Waals surface area contributed by atoms with Crippen LogP contribution in [0, 0.1) is 0 Å². The normalized spacial score (nSPS) is 12.4. The molecule has 0 aliphatic rings. The third-order valence-electron chi connectivity index (χ3n) is 13.0. The van der Waals surface area contributed by atoms with Crippen molar-refractivity contribution in [2.75, 3.05) is 13.2 Å². The lowest BCUT2D eigenvalue weighted by Crippen LogP contribution is -2.30. The molecule has 0 aromatic heterocycles. The van der Waals surface area contributed by atoms with Gasteiger partial charge < -0.3 is 14.2 Å². The highest BCUT2D eigenvalue weighted by Crippen LogP contribution is 2.17. The van der Waals surface area contributed by atoms with Gasteiger partial charge in [-0.3, -0.25) is 14.4 Å². The third kappa shape index (κ3) is 55.9. The van der Waals surface area contributed by atoms with Crippen molar-refractivity contribution in [1.29, 1.82) is 0 Å². The zero-order valence-electron chi connectivity index (χ0n) is 45.8. The van der Waals surface area contributed by atoms with Crippen LogP contribution in [0.15, 0.2) is 60.8 Å². The Bertz CT molecular complexity index is 1250.